The lowest BCUT2D eigenvalue weighted by molar-refractivity contribution is -0.126. The molecule has 0 aromatic carbocycles. The van der Waals surface area contributed by atoms with E-state index in [0.717, 1.165) is 58.4 Å². The third kappa shape index (κ3) is 4.43. The lowest BCUT2D eigenvalue weighted by Crippen LogP contribution is -2.51. The first kappa shape index (κ1) is 15.7. The minimum atomic E-state index is 0.137. The van der Waals surface area contributed by atoms with Crippen molar-refractivity contribution >= 4 is 5.91 Å². The van der Waals surface area contributed by atoms with Crippen molar-refractivity contribution in [2.45, 2.75) is 44.7 Å². The summed E-state index contributed by atoms with van der Waals surface area (Å²) in [5.41, 5.74) is 5.96. The van der Waals surface area contributed by atoms with Crippen molar-refractivity contribution in [3.8, 4) is 0 Å². The molecule has 1 aliphatic carbocycles. The highest BCUT2D eigenvalue weighted by Gasteiger charge is 2.26. The van der Waals surface area contributed by atoms with Gasteiger partial charge in [-0.15, -0.1) is 0 Å². The summed E-state index contributed by atoms with van der Waals surface area (Å²) in [6.07, 6.45) is 4.02. The Hall–Kier alpha value is -0.650. The van der Waals surface area contributed by atoms with E-state index in [1.807, 2.05) is 0 Å². The number of rotatable bonds is 4. The Morgan fingerprint density at radius 1 is 1.30 bits per heavy atom. The molecule has 1 heterocycles. The zero-order chi connectivity index (χ0) is 14.5. The zero-order valence-electron chi connectivity index (χ0n) is 13.0. The van der Waals surface area contributed by atoms with Crippen LogP contribution in [-0.2, 0) is 4.79 Å². The largest absolute Gasteiger partial charge is 0.354 e. The van der Waals surface area contributed by atoms with Crippen LogP contribution in [0.5, 0.6) is 0 Å². The van der Waals surface area contributed by atoms with Crippen LogP contribution in [-0.4, -0.2) is 67.6 Å². The predicted octanol–water partition coefficient (Wildman–Crippen LogP) is 0.256. The summed E-state index contributed by atoms with van der Waals surface area (Å²) in [6.45, 7) is 7.40. The van der Waals surface area contributed by atoms with Gasteiger partial charge in [-0.05, 0) is 33.2 Å². The van der Waals surface area contributed by atoms with Crippen LogP contribution in [0.3, 0.4) is 0 Å². The molecule has 3 unspecified atom stereocenters. The van der Waals surface area contributed by atoms with Crippen molar-refractivity contribution in [1.82, 2.24) is 15.1 Å². The third-order valence-corrected chi connectivity index (χ3v) is 4.82. The number of piperazine rings is 1. The van der Waals surface area contributed by atoms with Crippen molar-refractivity contribution in [3.63, 3.8) is 0 Å². The Balaban J connectivity index is 1.69. The van der Waals surface area contributed by atoms with Gasteiger partial charge < -0.3 is 16.0 Å². The first-order chi connectivity index (χ1) is 9.56. The van der Waals surface area contributed by atoms with Crippen LogP contribution in [0.2, 0.25) is 0 Å². The number of hydrogen-bond acceptors (Lipinski definition) is 4. The highest BCUT2D eigenvalue weighted by molar-refractivity contribution is 5.78. The lowest BCUT2D eigenvalue weighted by Gasteiger charge is -2.36. The Labute approximate surface area is 122 Å². The van der Waals surface area contributed by atoms with E-state index in [9.17, 15) is 4.79 Å². The van der Waals surface area contributed by atoms with Gasteiger partial charge in [0.15, 0.2) is 0 Å². The van der Waals surface area contributed by atoms with Crippen LogP contribution < -0.4 is 11.1 Å². The van der Waals surface area contributed by atoms with Gasteiger partial charge in [0.2, 0.25) is 5.91 Å². The molecule has 1 aliphatic heterocycles. The first-order valence-electron chi connectivity index (χ1n) is 8.02. The molecule has 0 aromatic rings. The molecule has 5 heteroatoms. The summed E-state index contributed by atoms with van der Waals surface area (Å²) in [5.74, 6) is 0.347. The van der Waals surface area contributed by atoms with Crippen molar-refractivity contribution in [3.05, 3.63) is 0 Å². The summed E-state index contributed by atoms with van der Waals surface area (Å²) < 4.78 is 0. The molecule has 0 radical (unpaired) electrons. The van der Waals surface area contributed by atoms with Crippen molar-refractivity contribution in [1.29, 1.82) is 0 Å². The second-order valence-electron chi connectivity index (χ2n) is 6.56. The van der Waals surface area contributed by atoms with Gasteiger partial charge in [-0.25, -0.2) is 0 Å². The number of nitrogens with one attached hydrogen (secondary N) is 1. The minimum Gasteiger partial charge on any atom is -0.354 e. The SMILES string of the molecule is CC(CNC(=O)C1CCCC(N)C1)N1CCN(C)CC1. The van der Waals surface area contributed by atoms with E-state index >= 15 is 0 Å². The molecule has 0 aromatic heterocycles. The molecule has 5 nitrogen and oxygen atoms in total. The van der Waals surface area contributed by atoms with Gasteiger partial charge in [-0.3, -0.25) is 9.69 Å². The van der Waals surface area contributed by atoms with E-state index in [-0.39, 0.29) is 17.9 Å². The minimum absolute atomic E-state index is 0.137. The molecule has 116 valence electrons. The normalized spacial score (nSPS) is 30.9. The van der Waals surface area contributed by atoms with Gasteiger partial charge >= 0.3 is 0 Å². The van der Waals surface area contributed by atoms with Crippen LogP contribution in [0.15, 0.2) is 0 Å². The number of likely N-dealkylation sites (N-methyl/N-ethyl adjacent to an activating group) is 1. The standard InChI is InChI=1S/C15H30N4O/c1-12(19-8-6-18(2)7-9-19)11-17-15(20)13-4-3-5-14(16)10-13/h12-14H,3-11,16H2,1-2H3,(H,17,20). The molecule has 0 bridgehead atoms. The van der Waals surface area contributed by atoms with Gasteiger partial charge in [0, 0.05) is 50.7 Å². The summed E-state index contributed by atoms with van der Waals surface area (Å²) in [4.78, 5) is 17.0. The van der Waals surface area contributed by atoms with Crippen LogP contribution in [0.25, 0.3) is 0 Å². The molecule has 2 rings (SSSR count). The number of amides is 1. The molecule has 2 aliphatic rings. The molecule has 1 saturated carbocycles. The maximum Gasteiger partial charge on any atom is 0.223 e. The van der Waals surface area contributed by atoms with E-state index in [1.54, 1.807) is 0 Å². The van der Waals surface area contributed by atoms with E-state index in [1.165, 1.54) is 0 Å². The summed E-state index contributed by atoms with van der Waals surface area (Å²) >= 11 is 0. The summed E-state index contributed by atoms with van der Waals surface area (Å²) in [6, 6.07) is 0.638. The Bertz CT molecular complexity index is 315. The van der Waals surface area contributed by atoms with Crippen LogP contribution in [0.1, 0.15) is 32.6 Å². The highest BCUT2D eigenvalue weighted by Crippen LogP contribution is 2.23. The number of nitrogens with two attached hydrogens (primary N) is 1. The van der Waals surface area contributed by atoms with E-state index in [2.05, 4.69) is 29.1 Å². The Morgan fingerprint density at radius 3 is 2.65 bits per heavy atom. The van der Waals surface area contributed by atoms with Crippen molar-refractivity contribution < 1.29 is 4.79 Å². The van der Waals surface area contributed by atoms with E-state index in [0.29, 0.717) is 6.04 Å². The molecule has 3 N–H and O–H groups in total. The van der Waals surface area contributed by atoms with Crippen LogP contribution in [0, 0.1) is 5.92 Å². The topological polar surface area (TPSA) is 61.6 Å². The molecule has 1 saturated heterocycles. The molecule has 1 amide bonds. The Morgan fingerprint density at radius 2 is 2.00 bits per heavy atom. The maximum absolute atomic E-state index is 12.2. The number of carbonyl (C=O) groups excluding carboxylic acids is 1. The quantitative estimate of drug-likeness (QED) is 0.776. The second kappa shape index (κ2) is 7.38. The average Bonchev–Trinajstić information content (AvgIpc) is 2.45. The first-order valence-corrected chi connectivity index (χ1v) is 8.02. The van der Waals surface area contributed by atoms with E-state index < -0.39 is 0 Å². The molecule has 20 heavy (non-hydrogen) atoms. The predicted molar refractivity (Wildman–Crippen MR) is 81.5 cm³/mol. The zero-order valence-corrected chi connectivity index (χ0v) is 13.0. The fraction of sp³-hybridized carbons (Fsp3) is 0.933. The summed E-state index contributed by atoms with van der Waals surface area (Å²) in [7, 11) is 2.16. The molecular formula is C15H30N4O. The second-order valence-corrected chi connectivity index (χ2v) is 6.56. The van der Waals surface area contributed by atoms with Gasteiger partial charge in [0.05, 0.1) is 0 Å². The fourth-order valence-corrected chi connectivity index (χ4v) is 3.25. The molecule has 3 atom stereocenters. The number of nitrogens with zero attached hydrogens (tertiary/aromatic N) is 2. The summed E-state index contributed by atoms with van der Waals surface area (Å²) in [5, 5.41) is 3.13. The van der Waals surface area contributed by atoms with Crippen molar-refractivity contribution in [2.24, 2.45) is 11.7 Å². The van der Waals surface area contributed by atoms with Crippen molar-refractivity contribution in [2.75, 3.05) is 39.8 Å². The third-order valence-electron chi connectivity index (χ3n) is 4.82. The molecule has 0 spiro atoms. The Kier molecular flexibility index (Phi) is 5.81. The smallest absolute Gasteiger partial charge is 0.223 e. The maximum atomic E-state index is 12.2. The molecule has 2 fully saturated rings. The number of hydrogen-bond donors (Lipinski definition) is 2. The van der Waals surface area contributed by atoms with Gasteiger partial charge in [0.25, 0.3) is 0 Å². The average molecular weight is 282 g/mol. The lowest BCUT2D eigenvalue weighted by atomic mass is 9.85. The monoisotopic (exact) mass is 282 g/mol. The van der Waals surface area contributed by atoms with E-state index in [4.69, 9.17) is 5.73 Å². The highest BCUT2D eigenvalue weighted by atomic mass is 16.1. The fourth-order valence-electron chi connectivity index (χ4n) is 3.25. The van der Waals surface area contributed by atoms with Crippen LogP contribution >= 0.6 is 0 Å². The van der Waals surface area contributed by atoms with Crippen LogP contribution in [0.4, 0.5) is 0 Å². The van der Waals surface area contributed by atoms with Gasteiger partial charge in [-0.1, -0.05) is 6.42 Å². The molecular weight excluding hydrogens is 252 g/mol. The van der Waals surface area contributed by atoms with Gasteiger partial charge in [0.1, 0.15) is 0 Å². The number of carbonyl (C=O) groups is 1. The van der Waals surface area contributed by atoms with Gasteiger partial charge in [-0.2, -0.15) is 0 Å².